The second kappa shape index (κ2) is 5.69. The van der Waals surface area contributed by atoms with Gasteiger partial charge < -0.3 is 4.43 Å². The molecule has 0 aromatic heterocycles. The van der Waals surface area contributed by atoms with Gasteiger partial charge in [0, 0.05) is 0 Å². The van der Waals surface area contributed by atoms with Crippen LogP contribution < -0.4 is 0 Å². The Bertz CT molecular complexity index is 397. The van der Waals surface area contributed by atoms with E-state index in [9.17, 15) is 4.79 Å². The molecular weight excluding hydrogens is 204 g/mol. The molecule has 0 spiro atoms. The van der Waals surface area contributed by atoms with Crippen LogP contribution in [0.3, 0.4) is 0 Å². The van der Waals surface area contributed by atoms with Crippen LogP contribution in [-0.2, 0) is 15.6 Å². The Labute approximate surface area is 91.0 Å². The Hall–Kier alpha value is -1.97. The maximum atomic E-state index is 11.4. The zero-order valence-corrected chi connectivity index (χ0v) is 9.30. The molecule has 0 radical (unpaired) electrons. The van der Waals surface area contributed by atoms with Gasteiger partial charge in [-0.05, 0) is 5.56 Å². The fraction of sp³-hybridized carbons (Fsp3) is 0.0833. The molecule has 0 atom stereocenters. The van der Waals surface area contributed by atoms with E-state index in [-0.39, 0.29) is 12.4 Å². The Kier molecular flexibility index (Phi) is 4.21. The second-order valence-electron chi connectivity index (χ2n) is 2.87. The van der Waals surface area contributed by atoms with Gasteiger partial charge in [-0.3, -0.25) is 4.79 Å². The van der Waals surface area contributed by atoms with E-state index in [1.54, 1.807) is 0 Å². The van der Waals surface area contributed by atoms with Crippen LogP contribution in [0.25, 0.3) is 0 Å². The van der Waals surface area contributed by atoms with Crippen LogP contribution in [0.1, 0.15) is 5.56 Å². The minimum atomic E-state index is -2.19. The van der Waals surface area contributed by atoms with Crippen LogP contribution in [0, 0.1) is 23.9 Å². The Morgan fingerprint density at radius 1 is 1.27 bits per heavy atom. The number of carbonyl (C=O) groups excluding carboxylic acids is 1. The van der Waals surface area contributed by atoms with Crippen molar-refractivity contribution in [1.82, 2.24) is 0 Å². The molecule has 0 fully saturated rings. The molecule has 0 aliphatic rings. The first-order valence-electron chi connectivity index (χ1n) is 4.42. The summed E-state index contributed by atoms with van der Waals surface area (Å²) in [6.45, 7) is 0. The van der Waals surface area contributed by atoms with Crippen LogP contribution >= 0.6 is 0 Å². The number of rotatable bonds is 3. The molecule has 2 nitrogen and oxygen atoms in total. The summed E-state index contributed by atoms with van der Waals surface area (Å²) >= 11 is 0. The van der Waals surface area contributed by atoms with E-state index in [0.717, 1.165) is 5.56 Å². The molecule has 1 aromatic rings. The quantitative estimate of drug-likeness (QED) is 0.550. The standard InChI is InChI=1S/C12H10O2Si/c1-3-15(4-2)14-12(13)10-11-8-6-5-7-9-11/h1-2,5-9,15H,10H2. The Balaban J connectivity index is 2.52. The molecule has 0 N–H and O–H groups in total. The summed E-state index contributed by atoms with van der Waals surface area (Å²) in [7, 11) is -2.19. The maximum Gasteiger partial charge on any atom is 0.398 e. The van der Waals surface area contributed by atoms with Crippen molar-refractivity contribution in [2.24, 2.45) is 0 Å². The first-order valence-corrected chi connectivity index (χ1v) is 6.04. The highest BCUT2D eigenvalue weighted by Gasteiger charge is 2.11. The van der Waals surface area contributed by atoms with Crippen LogP contribution in [0.2, 0.25) is 0 Å². The Morgan fingerprint density at radius 2 is 1.87 bits per heavy atom. The number of hydrogen-bond donors (Lipinski definition) is 0. The van der Waals surface area contributed by atoms with E-state index in [2.05, 4.69) is 11.1 Å². The van der Waals surface area contributed by atoms with Crippen LogP contribution in [-0.4, -0.2) is 15.0 Å². The van der Waals surface area contributed by atoms with Crippen molar-refractivity contribution in [3.8, 4) is 23.9 Å². The average molecular weight is 214 g/mol. The SMILES string of the molecule is C#C[SiH](C#C)OC(=O)Cc1ccccc1. The molecule has 0 heterocycles. The highest BCUT2D eigenvalue weighted by Crippen LogP contribution is 2.01. The number of hydrogen-bond acceptors (Lipinski definition) is 2. The molecular formula is C12H10O2Si. The van der Waals surface area contributed by atoms with E-state index in [0.29, 0.717) is 0 Å². The van der Waals surface area contributed by atoms with Gasteiger partial charge in [0.1, 0.15) is 0 Å². The molecule has 0 saturated heterocycles. The molecule has 1 rings (SSSR count). The summed E-state index contributed by atoms with van der Waals surface area (Å²) in [4.78, 5) is 11.4. The van der Waals surface area contributed by atoms with E-state index < -0.39 is 9.04 Å². The third-order valence-corrected chi connectivity index (χ3v) is 2.85. The molecule has 3 heteroatoms. The second-order valence-corrected chi connectivity index (χ2v) is 4.53. The predicted octanol–water partition coefficient (Wildman–Crippen LogP) is 0.841. The average Bonchev–Trinajstić information content (AvgIpc) is 2.27. The first kappa shape index (κ1) is 11.1. The van der Waals surface area contributed by atoms with Crippen molar-refractivity contribution in [2.45, 2.75) is 6.42 Å². The lowest BCUT2D eigenvalue weighted by Crippen LogP contribution is -2.20. The Morgan fingerprint density at radius 3 is 2.40 bits per heavy atom. The molecule has 0 amide bonds. The van der Waals surface area contributed by atoms with E-state index in [1.807, 2.05) is 30.3 Å². The third-order valence-electron chi connectivity index (χ3n) is 1.74. The summed E-state index contributed by atoms with van der Waals surface area (Å²) in [6, 6.07) is 9.31. The third kappa shape index (κ3) is 3.72. The zero-order valence-electron chi connectivity index (χ0n) is 8.14. The minimum absolute atomic E-state index is 0.216. The van der Waals surface area contributed by atoms with Crippen LogP contribution in [0.4, 0.5) is 0 Å². The summed E-state index contributed by atoms with van der Waals surface area (Å²) < 4.78 is 4.98. The molecule has 15 heavy (non-hydrogen) atoms. The fourth-order valence-corrected chi connectivity index (χ4v) is 1.63. The molecule has 0 unspecified atom stereocenters. The maximum absolute atomic E-state index is 11.4. The van der Waals surface area contributed by atoms with Gasteiger partial charge in [-0.2, -0.15) is 0 Å². The lowest BCUT2D eigenvalue weighted by atomic mass is 10.2. The van der Waals surface area contributed by atoms with Gasteiger partial charge in [0.2, 0.25) is 0 Å². The molecule has 0 bridgehead atoms. The summed E-state index contributed by atoms with van der Waals surface area (Å²) in [6.07, 6.45) is 10.4. The van der Waals surface area contributed by atoms with Crippen LogP contribution in [0.5, 0.6) is 0 Å². The zero-order chi connectivity index (χ0) is 11.1. The molecule has 0 saturated carbocycles. The van der Waals surface area contributed by atoms with E-state index in [1.165, 1.54) is 0 Å². The number of carbonyl (C=O) groups is 1. The van der Waals surface area contributed by atoms with Gasteiger partial charge in [-0.15, -0.1) is 12.8 Å². The largest absolute Gasteiger partial charge is 0.498 e. The van der Waals surface area contributed by atoms with Gasteiger partial charge >= 0.3 is 9.04 Å². The van der Waals surface area contributed by atoms with Gasteiger partial charge in [0.25, 0.3) is 5.97 Å². The lowest BCUT2D eigenvalue weighted by molar-refractivity contribution is -0.133. The number of benzene rings is 1. The fourth-order valence-electron chi connectivity index (χ4n) is 1.05. The van der Waals surface area contributed by atoms with Crippen molar-refractivity contribution in [3.63, 3.8) is 0 Å². The number of terminal acetylenes is 2. The van der Waals surface area contributed by atoms with Gasteiger partial charge in [0.05, 0.1) is 6.42 Å². The highest BCUT2D eigenvalue weighted by molar-refractivity contribution is 6.70. The summed E-state index contributed by atoms with van der Waals surface area (Å²) in [5.41, 5.74) is 5.55. The van der Waals surface area contributed by atoms with Crippen molar-refractivity contribution in [1.29, 1.82) is 0 Å². The highest BCUT2D eigenvalue weighted by atomic mass is 28.3. The monoisotopic (exact) mass is 214 g/mol. The van der Waals surface area contributed by atoms with Gasteiger partial charge in [-0.25, -0.2) is 0 Å². The lowest BCUT2D eigenvalue weighted by Gasteiger charge is -2.05. The molecule has 74 valence electrons. The molecule has 0 aliphatic carbocycles. The van der Waals surface area contributed by atoms with Crippen molar-refractivity contribution in [2.75, 3.05) is 0 Å². The predicted molar refractivity (Wildman–Crippen MR) is 61.1 cm³/mol. The van der Waals surface area contributed by atoms with Gasteiger partial charge in [-0.1, -0.05) is 41.4 Å². The molecule has 0 aliphatic heterocycles. The summed E-state index contributed by atoms with van der Waals surface area (Å²) in [5, 5.41) is 0. The van der Waals surface area contributed by atoms with Crippen molar-refractivity contribution < 1.29 is 9.22 Å². The first-order chi connectivity index (χ1) is 7.26. The van der Waals surface area contributed by atoms with Gasteiger partial charge in [0.15, 0.2) is 0 Å². The van der Waals surface area contributed by atoms with Crippen molar-refractivity contribution >= 4 is 15.0 Å². The topological polar surface area (TPSA) is 26.3 Å². The van der Waals surface area contributed by atoms with Crippen LogP contribution in [0.15, 0.2) is 30.3 Å². The van der Waals surface area contributed by atoms with Crippen molar-refractivity contribution in [3.05, 3.63) is 35.9 Å². The van der Waals surface area contributed by atoms with E-state index >= 15 is 0 Å². The minimum Gasteiger partial charge on any atom is -0.498 e. The molecule has 1 aromatic carbocycles. The smallest absolute Gasteiger partial charge is 0.398 e. The van der Waals surface area contributed by atoms with E-state index in [4.69, 9.17) is 17.3 Å². The summed E-state index contributed by atoms with van der Waals surface area (Å²) in [5.74, 6) is -0.353. The normalized spacial score (nSPS) is 9.00.